The first kappa shape index (κ1) is 15.4. The molecule has 2 aromatic heterocycles. The molecule has 24 heavy (non-hydrogen) atoms. The minimum Gasteiger partial charge on any atom is -0.451 e. The highest BCUT2D eigenvalue weighted by Crippen LogP contribution is 2.28. The molecule has 0 bridgehead atoms. The summed E-state index contributed by atoms with van der Waals surface area (Å²) in [6.45, 7) is 1.75. The number of nitrogens with one attached hydrogen (secondary N) is 1. The Hall–Kier alpha value is -3.48. The van der Waals surface area contributed by atoms with E-state index in [1.54, 1.807) is 43.5 Å². The highest BCUT2D eigenvalue weighted by atomic mass is 16.6. The van der Waals surface area contributed by atoms with E-state index < -0.39 is 10.8 Å². The van der Waals surface area contributed by atoms with Crippen LogP contribution in [0.1, 0.15) is 16.1 Å². The fraction of sp³-hybridized carbons (Fsp3) is 0.0588. The van der Waals surface area contributed by atoms with E-state index in [-0.39, 0.29) is 11.4 Å². The molecule has 1 N–H and O–H groups in total. The molecule has 0 aliphatic carbocycles. The summed E-state index contributed by atoms with van der Waals surface area (Å²) < 4.78 is 5.58. The van der Waals surface area contributed by atoms with Crippen molar-refractivity contribution in [1.29, 1.82) is 0 Å². The number of nitro benzene ring substituents is 1. The van der Waals surface area contributed by atoms with Gasteiger partial charge in [-0.25, -0.2) is 0 Å². The number of furan rings is 1. The van der Waals surface area contributed by atoms with Gasteiger partial charge >= 0.3 is 0 Å². The van der Waals surface area contributed by atoms with E-state index in [1.807, 2.05) is 0 Å². The summed E-state index contributed by atoms with van der Waals surface area (Å²) >= 11 is 0. The van der Waals surface area contributed by atoms with Gasteiger partial charge in [-0.15, -0.1) is 0 Å². The van der Waals surface area contributed by atoms with Crippen LogP contribution in [0.2, 0.25) is 0 Å². The minimum atomic E-state index is -0.453. The van der Waals surface area contributed by atoms with Crippen LogP contribution in [-0.4, -0.2) is 15.8 Å². The molecule has 0 aliphatic rings. The van der Waals surface area contributed by atoms with Gasteiger partial charge in [0.05, 0.1) is 16.8 Å². The van der Waals surface area contributed by atoms with Crippen LogP contribution >= 0.6 is 0 Å². The van der Waals surface area contributed by atoms with Crippen molar-refractivity contribution in [1.82, 2.24) is 4.98 Å². The summed E-state index contributed by atoms with van der Waals surface area (Å²) in [4.78, 5) is 26.4. The minimum absolute atomic E-state index is 0.0114. The molecule has 0 unspecified atom stereocenters. The van der Waals surface area contributed by atoms with Gasteiger partial charge in [0.15, 0.2) is 5.76 Å². The van der Waals surface area contributed by atoms with Gasteiger partial charge in [-0.3, -0.25) is 19.9 Å². The Morgan fingerprint density at radius 1 is 1.25 bits per heavy atom. The van der Waals surface area contributed by atoms with E-state index >= 15 is 0 Å². The molecule has 7 nitrogen and oxygen atoms in total. The van der Waals surface area contributed by atoms with Crippen molar-refractivity contribution in [2.24, 2.45) is 0 Å². The highest BCUT2D eigenvalue weighted by Gasteiger charge is 2.15. The molecule has 0 radical (unpaired) electrons. The summed E-state index contributed by atoms with van der Waals surface area (Å²) in [6, 6.07) is 11.1. The number of nitrogens with zero attached hydrogens (tertiary/aromatic N) is 2. The lowest BCUT2D eigenvalue weighted by atomic mass is 10.1. The predicted octanol–water partition coefficient (Wildman–Crippen LogP) is 3.81. The molecular weight excluding hydrogens is 310 g/mol. The Kier molecular flexibility index (Phi) is 4.07. The van der Waals surface area contributed by atoms with Gasteiger partial charge < -0.3 is 9.73 Å². The Balaban J connectivity index is 1.83. The maximum absolute atomic E-state index is 12.2. The van der Waals surface area contributed by atoms with Gasteiger partial charge in [0.25, 0.3) is 11.6 Å². The molecule has 120 valence electrons. The predicted molar refractivity (Wildman–Crippen MR) is 87.7 cm³/mol. The lowest BCUT2D eigenvalue weighted by Gasteiger charge is -2.03. The van der Waals surface area contributed by atoms with Crippen molar-refractivity contribution in [2.75, 3.05) is 5.32 Å². The summed E-state index contributed by atoms with van der Waals surface area (Å²) in [7, 11) is 0. The number of carbonyl (C=O) groups is 1. The van der Waals surface area contributed by atoms with Crippen LogP contribution in [-0.2, 0) is 0 Å². The van der Waals surface area contributed by atoms with Crippen molar-refractivity contribution < 1.29 is 14.1 Å². The van der Waals surface area contributed by atoms with E-state index in [9.17, 15) is 14.9 Å². The Bertz CT molecular complexity index is 903. The summed E-state index contributed by atoms with van der Waals surface area (Å²) in [5, 5.41) is 13.5. The quantitative estimate of drug-likeness (QED) is 0.581. The zero-order valence-corrected chi connectivity index (χ0v) is 12.7. The van der Waals surface area contributed by atoms with Crippen LogP contribution in [0, 0.1) is 17.0 Å². The number of amides is 1. The number of nitro groups is 1. The van der Waals surface area contributed by atoms with Gasteiger partial charge in [-0.05, 0) is 42.8 Å². The van der Waals surface area contributed by atoms with Gasteiger partial charge in [-0.2, -0.15) is 0 Å². The largest absolute Gasteiger partial charge is 0.451 e. The third-order valence-corrected chi connectivity index (χ3v) is 3.44. The fourth-order valence-electron chi connectivity index (χ4n) is 2.27. The van der Waals surface area contributed by atoms with Crippen LogP contribution in [0.4, 0.5) is 11.4 Å². The molecule has 3 rings (SSSR count). The first-order valence-corrected chi connectivity index (χ1v) is 7.11. The van der Waals surface area contributed by atoms with Gasteiger partial charge in [0.2, 0.25) is 0 Å². The average Bonchev–Trinajstić information content (AvgIpc) is 3.05. The van der Waals surface area contributed by atoms with E-state index in [0.717, 1.165) is 0 Å². The maximum Gasteiger partial charge on any atom is 0.291 e. The molecule has 0 saturated heterocycles. The number of carbonyl (C=O) groups excluding carboxylic acids is 1. The normalized spacial score (nSPS) is 10.4. The molecule has 0 aliphatic heterocycles. The van der Waals surface area contributed by atoms with Crippen molar-refractivity contribution in [3.63, 3.8) is 0 Å². The Morgan fingerprint density at radius 2 is 2.08 bits per heavy atom. The summed E-state index contributed by atoms with van der Waals surface area (Å²) in [5.41, 5.74) is 1.96. The number of anilines is 1. The topological polar surface area (TPSA) is 98.3 Å². The highest BCUT2D eigenvalue weighted by molar-refractivity contribution is 6.02. The third-order valence-electron chi connectivity index (χ3n) is 3.44. The van der Waals surface area contributed by atoms with E-state index in [1.165, 1.54) is 18.3 Å². The second-order valence-electron chi connectivity index (χ2n) is 5.12. The fourth-order valence-corrected chi connectivity index (χ4v) is 2.27. The number of non-ortho nitro benzene ring substituents is 1. The molecule has 1 aromatic carbocycles. The van der Waals surface area contributed by atoms with Crippen molar-refractivity contribution >= 4 is 17.3 Å². The summed E-state index contributed by atoms with van der Waals surface area (Å²) in [5.74, 6) is 0.221. The van der Waals surface area contributed by atoms with Crippen molar-refractivity contribution in [3.8, 4) is 11.3 Å². The Labute approximate surface area is 137 Å². The summed E-state index contributed by atoms with van der Waals surface area (Å²) in [6.07, 6.45) is 3.14. The van der Waals surface area contributed by atoms with Crippen molar-refractivity contribution in [3.05, 3.63) is 76.3 Å². The zero-order chi connectivity index (χ0) is 17.1. The number of hydrogen-bond acceptors (Lipinski definition) is 5. The molecule has 0 fully saturated rings. The maximum atomic E-state index is 12.2. The van der Waals surface area contributed by atoms with Crippen LogP contribution in [0.15, 0.2) is 59.3 Å². The number of pyridine rings is 1. The number of benzene rings is 1. The number of rotatable bonds is 4. The number of aryl methyl sites for hydroxylation is 1. The first-order chi connectivity index (χ1) is 11.5. The monoisotopic (exact) mass is 323 g/mol. The van der Waals surface area contributed by atoms with Gasteiger partial charge in [-0.1, -0.05) is 0 Å². The van der Waals surface area contributed by atoms with Gasteiger partial charge in [0.1, 0.15) is 5.76 Å². The lowest BCUT2D eigenvalue weighted by molar-refractivity contribution is -0.384. The van der Waals surface area contributed by atoms with Crippen LogP contribution in [0.3, 0.4) is 0 Å². The zero-order valence-electron chi connectivity index (χ0n) is 12.7. The molecule has 2 heterocycles. The SMILES string of the molecule is Cc1cc([N+](=O)[O-])ccc1-c1ccc(C(=O)Nc2cccnc2)o1. The average molecular weight is 323 g/mol. The third kappa shape index (κ3) is 3.14. The molecule has 0 spiro atoms. The van der Waals surface area contributed by atoms with Crippen LogP contribution in [0.5, 0.6) is 0 Å². The van der Waals surface area contributed by atoms with E-state index in [0.29, 0.717) is 22.6 Å². The van der Waals surface area contributed by atoms with E-state index in [2.05, 4.69) is 10.3 Å². The molecule has 0 atom stereocenters. The van der Waals surface area contributed by atoms with Crippen LogP contribution in [0.25, 0.3) is 11.3 Å². The second-order valence-corrected chi connectivity index (χ2v) is 5.12. The Morgan fingerprint density at radius 3 is 2.75 bits per heavy atom. The lowest BCUT2D eigenvalue weighted by Crippen LogP contribution is -2.10. The first-order valence-electron chi connectivity index (χ1n) is 7.11. The number of hydrogen-bond donors (Lipinski definition) is 1. The van der Waals surface area contributed by atoms with Crippen LogP contribution < -0.4 is 5.32 Å². The van der Waals surface area contributed by atoms with E-state index in [4.69, 9.17) is 4.42 Å². The van der Waals surface area contributed by atoms with Gasteiger partial charge in [0, 0.05) is 23.9 Å². The molecular formula is C17H13N3O4. The number of aromatic nitrogens is 1. The molecule has 3 aromatic rings. The second kappa shape index (κ2) is 6.33. The molecule has 0 saturated carbocycles. The van der Waals surface area contributed by atoms with Crippen molar-refractivity contribution in [2.45, 2.75) is 6.92 Å². The smallest absolute Gasteiger partial charge is 0.291 e. The molecule has 7 heteroatoms. The molecule has 1 amide bonds. The standard InChI is InChI=1S/C17H13N3O4/c1-11-9-13(20(22)23)4-5-14(11)15-6-7-16(24-15)17(21)19-12-3-2-8-18-10-12/h2-10H,1H3,(H,19,21).